The van der Waals surface area contributed by atoms with Crippen LogP contribution in [0, 0.1) is 0 Å². The lowest BCUT2D eigenvalue weighted by molar-refractivity contribution is -0.136. The minimum absolute atomic E-state index is 0.0157. The van der Waals surface area contributed by atoms with Gasteiger partial charge in [-0.1, -0.05) is 0 Å². The summed E-state index contributed by atoms with van der Waals surface area (Å²) in [5.74, 6) is -2.03. The van der Waals surface area contributed by atoms with Gasteiger partial charge in [0.25, 0.3) is 11.8 Å². The standard InChI is InChI=1S/C29H38N6O7/c1-29(2,3)42-28(41)30-18-8-10-34(11-9-18)24(37)17-32-12-14-33(15-13-32)19-4-5-20-21(16-19)27(40)35(26(20)39)22-6-7-23(36)31-25(22)38/h4-5,16,18,22H,6-15,17H2,1-3H3,(H,30,41)(H,31,36,38). The van der Waals surface area contributed by atoms with Crippen molar-refractivity contribution >= 4 is 41.3 Å². The highest BCUT2D eigenvalue weighted by Gasteiger charge is 2.44. The monoisotopic (exact) mass is 582 g/mol. The molecule has 0 aromatic heterocycles. The van der Waals surface area contributed by atoms with Gasteiger partial charge in [-0.3, -0.25) is 39.1 Å². The Balaban J connectivity index is 1.10. The third-order valence-electron chi connectivity index (χ3n) is 8.09. The Kier molecular flexibility index (Phi) is 8.22. The Morgan fingerprint density at radius 1 is 0.929 bits per heavy atom. The second-order valence-electron chi connectivity index (χ2n) is 12.2. The summed E-state index contributed by atoms with van der Waals surface area (Å²) >= 11 is 0. The van der Waals surface area contributed by atoms with Crippen LogP contribution in [0.5, 0.6) is 0 Å². The lowest BCUT2D eigenvalue weighted by Gasteiger charge is -2.38. The molecular weight excluding hydrogens is 544 g/mol. The lowest BCUT2D eigenvalue weighted by Crippen LogP contribution is -2.54. The van der Waals surface area contributed by atoms with Crippen molar-refractivity contribution in [2.24, 2.45) is 0 Å². The first-order chi connectivity index (χ1) is 19.9. The van der Waals surface area contributed by atoms with Crippen LogP contribution in [0.4, 0.5) is 10.5 Å². The summed E-state index contributed by atoms with van der Waals surface area (Å²) in [5.41, 5.74) is 0.749. The van der Waals surface area contributed by atoms with Crippen molar-refractivity contribution in [1.82, 2.24) is 25.3 Å². The average molecular weight is 583 g/mol. The van der Waals surface area contributed by atoms with Crippen LogP contribution in [0.15, 0.2) is 18.2 Å². The largest absolute Gasteiger partial charge is 0.444 e. The maximum atomic E-state index is 13.2. The molecule has 0 radical (unpaired) electrons. The number of carbonyl (C=O) groups excluding carboxylic acids is 6. The van der Waals surface area contributed by atoms with E-state index in [4.69, 9.17) is 4.74 Å². The average Bonchev–Trinajstić information content (AvgIpc) is 3.17. The topological polar surface area (TPSA) is 149 Å². The van der Waals surface area contributed by atoms with Gasteiger partial charge >= 0.3 is 6.09 Å². The van der Waals surface area contributed by atoms with E-state index in [0.29, 0.717) is 58.7 Å². The van der Waals surface area contributed by atoms with Crippen LogP contribution in [0.25, 0.3) is 0 Å². The molecule has 1 atom stereocenters. The molecule has 0 saturated carbocycles. The van der Waals surface area contributed by atoms with Crippen LogP contribution in [-0.2, 0) is 19.1 Å². The molecule has 42 heavy (non-hydrogen) atoms. The molecule has 1 aromatic rings. The molecule has 1 unspecified atom stereocenters. The van der Waals surface area contributed by atoms with Crippen molar-refractivity contribution < 1.29 is 33.5 Å². The number of anilines is 1. The number of alkyl carbamates (subject to hydrolysis) is 1. The third-order valence-corrected chi connectivity index (χ3v) is 8.09. The second kappa shape index (κ2) is 11.7. The minimum Gasteiger partial charge on any atom is -0.444 e. The highest BCUT2D eigenvalue weighted by molar-refractivity contribution is 6.23. The van der Waals surface area contributed by atoms with E-state index < -0.39 is 41.4 Å². The summed E-state index contributed by atoms with van der Waals surface area (Å²) in [6.45, 7) is 9.55. The van der Waals surface area contributed by atoms with E-state index >= 15 is 0 Å². The maximum absolute atomic E-state index is 13.2. The Hall–Kier alpha value is -4.00. The molecule has 3 fully saturated rings. The van der Waals surface area contributed by atoms with Crippen LogP contribution in [0.1, 0.15) is 67.2 Å². The number of benzene rings is 1. The molecule has 0 aliphatic carbocycles. The van der Waals surface area contributed by atoms with E-state index in [9.17, 15) is 28.8 Å². The Morgan fingerprint density at radius 3 is 2.24 bits per heavy atom. The summed E-state index contributed by atoms with van der Waals surface area (Å²) in [6.07, 6.45) is 1.12. The lowest BCUT2D eigenvalue weighted by atomic mass is 10.0. The first-order valence-corrected chi connectivity index (χ1v) is 14.5. The molecule has 5 rings (SSSR count). The Bertz CT molecular complexity index is 1290. The van der Waals surface area contributed by atoms with Crippen molar-refractivity contribution in [3.63, 3.8) is 0 Å². The number of amides is 6. The Morgan fingerprint density at radius 2 is 1.60 bits per heavy atom. The van der Waals surface area contributed by atoms with Crippen molar-refractivity contribution in [3.05, 3.63) is 29.3 Å². The fourth-order valence-electron chi connectivity index (χ4n) is 5.86. The molecule has 2 N–H and O–H groups in total. The van der Waals surface area contributed by atoms with Gasteiger partial charge in [0, 0.05) is 57.4 Å². The number of rotatable bonds is 5. The van der Waals surface area contributed by atoms with E-state index in [1.165, 1.54) is 0 Å². The number of hydrogen-bond donors (Lipinski definition) is 2. The van der Waals surface area contributed by atoms with Gasteiger partial charge in [-0.25, -0.2) is 4.79 Å². The van der Waals surface area contributed by atoms with Crippen LogP contribution in [0.3, 0.4) is 0 Å². The van der Waals surface area contributed by atoms with E-state index in [1.807, 2.05) is 25.7 Å². The zero-order valence-corrected chi connectivity index (χ0v) is 24.3. The summed E-state index contributed by atoms with van der Waals surface area (Å²) in [7, 11) is 0. The number of nitrogens with one attached hydrogen (secondary N) is 2. The molecule has 0 spiro atoms. The fraction of sp³-hybridized carbons (Fsp3) is 0.586. The summed E-state index contributed by atoms with van der Waals surface area (Å²) < 4.78 is 5.32. The number of piperidine rings is 2. The molecule has 3 saturated heterocycles. The van der Waals surface area contributed by atoms with Gasteiger partial charge in [0.05, 0.1) is 17.7 Å². The molecule has 4 heterocycles. The number of likely N-dealkylation sites (tertiary alicyclic amines) is 1. The van der Waals surface area contributed by atoms with Crippen molar-refractivity contribution in [2.75, 3.05) is 50.7 Å². The third kappa shape index (κ3) is 6.40. The molecule has 4 aliphatic heterocycles. The van der Waals surface area contributed by atoms with E-state index in [-0.39, 0.29) is 35.9 Å². The normalized spacial score (nSPS) is 22.3. The van der Waals surface area contributed by atoms with Gasteiger partial charge in [-0.15, -0.1) is 0 Å². The molecule has 13 nitrogen and oxygen atoms in total. The van der Waals surface area contributed by atoms with E-state index in [1.54, 1.807) is 18.2 Å². The molecule has 4 aliphatic rings. The number of hydrogen-bond acceptors (Lipinski definition) is 9. The van der Waals surface area contributed by atoms with Gasteiger partial charge in [-0.2, -0.15) is 0 Å². The summed E-state index contributed by atoms with van der Waals surface area (Å²) in [4.78, 5) is 82.0. The number of piperazine rings is 1. The van der Waals surface area contributed by atoms with Gasteiger partial charge in [0.1, 0.15) is 11.6 Å². The van der Waals surface area contributed by atoms with Crippen molar-refractivity contribution in [1.29, 1.82) is 0 Å². The number of carbonyl (C=O) groups is 6. The smallest absolute Gasteiger partial charge is 0.407 e. The number of ether oxygens (including phenoxy) is 1. The van der Waals surface area contributed by atoms with Gasteiger partial charge < -0.3 is 19.9 Å². The predicted molar refractivity (Wildman–Crippen MR) is 151 cm³/mol. The van der Waals surface area contributed by atoms with Gasteiger partial charge in [-0.05, 0) is 58.2 Å². The molecule has 0 bridgehead atoms. The SMILES string of the molecule is CC(C)(C)OC(=O)NC1CCN(C(=O)CN2CCN(c3ccc4c(c3)C(=O)N(C3CCC(=O)NC3=O)C4=O)CC2)CC1. The minimum atomic E-state index is -0.994. The fourth-order valence-corrected chi connectivity index (χ4v) is 5.86. The summed E-state index contributed by atoms with van der Waals surface area (Å²) in [5, 5.41) is 5.10. The van der Waals surface area contributed by atoms with E-state index in [2.05, 4.69) is 20.4 Å². The number of imide groups is 2. The zero-order valence-electron chi connectivity index (χ0n) is 24.3. The molecule has 13 heteroatoms. The predicted octanol–water partition coefficient (Wildman–Crippen LogP) is 0.726. The highest BCUT2D eigenvalue weighted by Crippen LogP contribution is 2.31. The van der Waals surface area contributed by atoms with Crippen molar-refractivity contribution in [2.45, 2.75) is 64.1 Å². The zero-order chi connectivity index (χ0) is 30.2. The van der Waals surface area contributed by atoms with Crippen LogP contribution in [-0.4, -0.2) is 114 Å². The highest BCUT2D eigenvalue weighted by atomic mass is 16.6. The van der Waals surface area contributed by atoms with Crippen LogP contribution >= 0.6 is 0 Å². The molecule has 6 amide bonds. The maximum Gasteiger partial charge on any atom is 0.407 e. The molecule has 1 aromatic carbocycles. The van der Waals surface area contributed by atoms with E-state index in [0.717, 1.165) is 10.6 Å². The second-order valence-corrected chi connectivity index (χ2v) is 12.2. The van der Waals surface area contributed by atoms with Crippen LogP contribution in [0.2, 0.25) is 0 Å². The number of nitrogens with zero attached hydrogens (tertiary/aromatic N) is 4. The molecular formula is C29H38N6O7. The van der Waals surface area contributed by atoms with Crippen molar-refractivity contribution in [3.8, 4) is 0 Å². The summed E-state index contributed by atoms with van der Waals surface area (Å²) in [6, 6.07) is 4.10. The first kappa shape index (κ1) is 29.5. The molecule has 226 valence electrons. The number of fused-ring (bicyclic) bond motifs is 1. The van der Waals surface area contributed by atoms with Gasteiger partial charge in [0.2, 0.25) is 17.7 Å². The quantitative estimate of drug-likeness (QED) is 0.479. The Labute approximate surface area is 244 Å². The first-order valence-electron chi connectivity index (χ1n) is 14.5. The van der Waals surface area contributed by atoms with Gasteiger partial charge in [0.15, 0.2) is 0 Å². The van der Waals surface area contributed by atoms with Crippen LogP contribution < -0.4 is 15.5 Å².